The summed E-state index contributed by atoms with van der Waals surface area (Å²) in [7, 11) is 0. The van der Waals surface area contributed by atoms with Gasteiger partial charge in [0, 0.05) is 0 Å². The van der Waals surface area contributed by atoms with Crippen LogP contribution in [0, 0.1) is 19.8 Å². The minimum atomic E-state index is -0.776. The van der Waals surface area contributed by atoms with Crippen LogP contribution >= 0.6 is 0 Å². The van der Waals surface area contributed by atoms with Gasteiger partial charge in [-0.1, -0.05) is 37.3 Å². The standard InChI is InChI=1S/C19H22O3/c1-13-6-4-7-14(2)18(13)12-22-17-9-5-8-16(11-17)10-15(3)19(20)21/h4-9,11,15H,10,12H2,1-3H3,(H,20,21)/t15-/m1/s1. The summed E-state index contributed by atoms with van der Waals surface area (Å²) >= 11 is 0. The first kappa shape index (κ1) is 16.1. The molecule has 0 bridgehead atoms. The van der Waals surface area contributed by atoms with E-state index in [1.54, 1.807) is 6.92 Å². The topological polar surface area (TPSA) is 46.5 Å². The van der Waals surface area contributed by atoms with Gasteiger partial charge in [0.2, 0.25) is 0 Å². The third-order valence-electron chi connectivity index (χ3n) is 3.89. The zero-order chi connectivity index (χ0) is 16.1. The van der Waals surface area contributed by atoms with Gasteiger partial charge in [0.15, 0.2) is 0 Å². The third-order valence-corrected chi connectivity index (χ3v) is 3.89. The molecule has 0 spiro atoms. The Kier molecular flexibility index (Phi) is 5.21. The van der Waals surface area contributed by atoms with E-state index < -0.39 is 11.9 Å². The molecule has 2 aromatic carbocycles. The van der Waals surface area contributed by atoms with Crippen molar-refractivity contribution in [3.8, 4) is 5.75 Å². The molecule has 2 aromatic rings. The minimum absolute atomic E-state index is 0.395. The van der Waals surface area contributed by atoms with Crippen molar-refractivity contribution in [1.29, 1.82) is 0 Å². The first-order valence-electron chi connectivity index (χ1n) is 7.47. The largest absolute Gasteiger partial charge is 0.489 e. The summed E-state index contributed by atoms with van der Waals surface area (Å²) in [5.74, 6) is -0.395. The van der Waals surface area contributed by atoms with Crippen molar-refractivity contribution in [3.63, 3.8) is 0 Å². The molecule has 116 valence electrons. The lowest BCUT2D eigenvalue weighted by Gasteiger charge is -2.13. The molecule has 0 radical (unpaired) electrons. The van der Waals surface area contributed by atoms with E-state index >= 15 is 0 Å². The number of carboxylic acid groups (broad SMARTS) is 1. The summed E-state index contributed by atoms with van der Waals surface area (Å²) in [6.07, 6.45) is 0.510. The van der Waals surface area contributed by atoms with Gasteiger partial charge in [-0.25, -0.2) is 0 Å². The van der Waals surface area contributed by atoms with Gasteiger partial charge in [0.25, 0.3) is 0 Å². The van der Waals surface area contributed by atoms with Crippen LogP contribution in [-0.2, 0) is 17.8 Å². The number of aliphatic carboxylic acids is 1. The molecule has 3 heteroatoms. The van der Waals surface area contributed by atoms with E-state index in [9.17, 15) is 4.79 Å². The molecule has 0 amide bonds. The second-order valence-electron chi connectivity index (χ2n) is 5.75. The van der Waals surface area contributed by atoms with Crippen molar-refractivity contribution in [2.45, 2.75) is 33.8 Å². The molecule has 1 atom stereocenters. The van der Waals surface area contributed by atoms with Gasteiger partial charge in [-0.2, -0.15) is 0 Å². The molecule has 0 aliphatic heterocycles. The summed E-state index contributed by atoms with van der Waals surface area (Å²) in [6.45, 7) is 6.40. The van der Waals surface area contributed by atoms with Crippen molar-refractivity contribution < 1.29 is 14.6 Å². The molecular weight excluding hydrogens is 276 g/mol. The Labute approximate surface area is 131 Å². The van der Waals surface area contributed by atoms with Crippen LogP contribution in [0.1, 0.15) is 29.2 Å². The average Bonchev–Trinajstić information content (AvgIpc) is 2.47. The zero-order valence-electron chi connectivity index (χ0n) is 13.3. The number of carbonyl (C=O) groups is 1. The highest BCUT2D eigenvalue weighted by Crippen LogP contribution is 2.20. The predicted molar refractivity (Wildman–Crippen MR) is 87.2 cm³/mol. The number of carboxylic acids is 1. The van der Waals surface area contributed by atoms with Crippen LogP contribution in [0.3, 0.4) is 0 Å². The maximum absolute atomic E-state index is 10.9. The number of ether oxygens (including phenoxy) is 1. The lowest BCUT2D eigenvalue weighted by Crippen LogP contribution is -2.12. The zero-order valence-corrected chi connectivity index (χ0v) is 13.3. The van der Waals surface area contributed by atoms with Gasteiger partial charge < -0.3 is 9.84 Å². The Bertz CT molecular complexity index is 641. The SMILES string of the molecule is Cc1cccc(C)c1COc1cccc(C[C@@H](C)C(=O)O)c1. The quantitative estimate of drug-likeness (QED) is 0.871. The van der Waals surface area contributed by atoms with Gasteiger partial charge in [0.1, 0.15) is 12.4 Å². The Balaban J connectivity index is 2.06. The minimum Gasteiger partial charge on any atom is -0.489 e. The van der Waals surface area contributed by atoms with E-state index in [2.05, 4.69) is 26.0 Å². The maximum Gasteiger partial charge on any atom is 0.306 e. The van der Waals surface area contributed by atoms with Crippen molar-refractivity contribution in [2.75, 3.05) is 0 Å². The molecule has 0 aromatic heterocycles. The monoisotopic (exact) mass is 298 g/mol. The lowest BCUT2D eigenvalue weighted by molar-refractivity contribution is -0.141. The fourth-order valence-corrected chi connectivity index (χ4v) is 2.44. The Morgan fingerprint density at radius 2 is 1.77 bits per heavy atom. The van der Waals surface area contributed by atoms with Crippen LogP contribution in [0.5, 0.6) is 5.75 Å². The van der Waals surface area contributed by atoms with Crippen LogP contribution in [0.4, 0.5) is 0 Å². The average molecular weight is 298 g/mol. The van der Waals surface area contributed by atoms with Crippen LogP contribution in [-0.4, -0.2) is 11.1 Å². The van der Waals surface area contributed by atoms with E-state index in [4.69, 9.17) is 9.84 Å². The number of hydrogen-bond acceptors (Lipinski definition) is 2. The highest BCUT2D eigenvalue weighted by atomic mass is 16.5. The molecule has 0 aliphatic rings. The first-order chi connectivity index (χ1) is 10.5. The van der Waals surface area contributed by atoms with Crippen molar-refractivity contribution in [1.82, 2.24) is 0 Å². The van der Waals surface area contributed by atoms with Crippen LogP contribution in [0.15, 0.2) is 42.5 Å². The number of hydrogen-bond donors (Lipinski definition) is 1. The van der Waals surface area contributed by atoms with Crippen LogP contribution < -0.4 is 4.74 Å². The Morgan fingerprint density at radius 1 is 1.14 bits per heavy atom. The summed E-state index contributed by atoms with van der Waals surface area (Å²) in [6, 6.07) is 13.9. The van der Waals surface area contributed by atoms with Crippen LogP contribution in [0.25, 0.3) is 0 Å². The molecule has 0 heterocycles. The van der Waals surface area contributed by atoms with Gasteiger partial charge in [-0.15, -0.1) is 0 Å². The second-order valence-corrected chi connectivity index (χ2v) is 5.75. The van der Waals surface area contributed by atoms with Gasteiger partial charge in [0.05, 0.1) is 5.92 Å². The molecule has 0 aliphatic carbocycles. The highest BCUT2D eigenvalue weighted by Gasteiger charge is 2.12. The molecule has 0 fully saturated rings. The highest BCUT2D eigenvalue weighted by molar-refractivity contribution is 5.69. The third kappa shape index (κ3) is 4.10. The second kappa shape index (κ2) is 7.12. The molecule has 0 unspecified atom stereocenters. The summed E-state index contributed by atoms with van der Waals surface area (Å²) in [5, 5.41) is 8.99. The summed E-state index contributed by atoms with van der Waals surface area (Å²) in [4.78, 5) is 10.9. The normalized spacial score (nSPS) is 12.0. The van der Waals surface area contributed by atoms with E-state index in [1.807, 2.05) is 30.3 Å². The predicted octanol–water partition coefficient (Wildman–Crippen LogP) is 4.15. The van der Waals surface area contributed by atoms with E-state index in [-0.39, 0.29) is 0 Å². The molecule has 0 saturated heterocycles. The maximum atomic E-state index is 10.9. The van der Waals surface area contributed by atoms with E-state index in [0.29, 0.717) is 13.0 Å². The van der Waals surface area contributed by atoms with E-state index in [1.165, 1.54) is 16.7 Å². The van der Waals surface area contributed by atoms with Gasteiger partial charge in [-0.3, -0.25) is 4.79 Å². The molecule has 22 heavy (non-hydrogen) atoms. The van der Waals surface area contributed by atoms with Gasteiger partial charge >= 0.3 is 5.97 Å². The fraction of sp³-hybridized carbons (Fsp3) is 0.316. The summed E-state index contributed by atoms with van der Waals surface area (Å²) in [5.41, 5.74) is 4.62. The molecular formula is C19H22O3. The number of aryl methyl sites for hydroxylation is 2. The number of rotatable bonds is 6. The van der Waals surface area contributed by atoms with Crippen molar-refractivity contribution >= 4 is 5.97 Å². The van der Waals surface area contributed by atoms with E-state index in [0.717, 1.165) is 11.3 Å². The Morgan fingerprint density at radius 3 is 2.41 bits per heavy atom. The molecule has 2 rings (SSSR count). The van der Waals surface area contributed by atoms with Crippen LogP contribution in [0.2, 0.25) is 0 Å². The molecule has 3 nitrogen and oxygen atoms in total. The first-order valence-corrected chi connectivity index (χ1v) is 7.47. The smallest absolute Gasteiger partial charge is 0.306 e. The van der Waals surface area contributed by atoms with Gasteiger partial charge in [-0.05, 0) is 54.7 Å². The lowest BCUT2D eigenvalue weighted by atomic mass is 10.0. The fourth-order valence-electron chi connectivity index (χ4n) is 2.44. The number of benzene rings is 2. The van der Waals surface area contributed by atoms with Crippen molar-refractivity contribution in [3.05, 3.63) is 64.7 Å². The molecule has 0 saturated carbocycles. The summed E-state index contributed by atoms with van der Waals surface area (Å²) < 4.78 is 5.89. The molecule has 1 N–H and O–H groups in total. The Hall–Kier alpha value is -2.29. The van der Waals surface area contributed by atoms with Crippen molar-refractivity contribution in [2.24, 2.45) is 5.92 Å².